The summed E-state index contributed by atoms with van der Waals surface area (Å²) in [6, 6.07) is 16.6. The van der Waals surface area contributed by atoms with Gasteiger partial charge in [-0.15, -0.1) is 0 Å². The molecular formula is C28H30Cl3N3O4S. The largest absolute Gasteiger partial charge is 0.354 e. The molecule has 3 aromatic rings. The van der Waals surface area contributed by atoms with Crippen LogP contribution in [-0.2, 0) is 26.2 Å². The van der Waals surface area contributed by atoms with Gasteiger partial charge in [0.25, 0.3) is 10.0 Å². The molecule has 2 amide bonds. The molecule has 1 atom stereocenters. The molecule has 0 bridgehead atoms. The number of nitrogens with zero attached hydrogens (tertiary/aromatic N) is 2. The Labute approximate surface area is 244 Å². The number of carbonyl (C=O) groups excluding carboxylic acids is 2. The lowest BCUT2D eigenvalue weighted by Gasteiger charge is -2.32. The highest BCUT2D eigenvalue weighted by molar-refractivity contribution is 7.92. The Hall–Kier alpha value is -2.78. The molecule has 0 aliphatic heterocycles. The molecule has 3 rings (SSSR count). The lowest BCUT2D eigenvalue weighted by Crippen LogP contribution is -2.51. The van der Waals surface area contributed by atoms with Crippen LogP contribution >= 0.6 is 34.8 Å². The number of hydrogen-bond acceptors (Lipinski definition) is 4. The predicted molar refractivity (Wildman–Crippen MR) is 157 cm³/mol. The normalized spacial score (nSPS) is 12.1. The van der Waals surface area contributed by atoms with E-state index in [4.69, 9.17) is 34.8 Å². The van der Waals surface area contributed by atoms with Crippen molar-refractivity contribution in [2.75, 3.05) is 17.4 Å². The van der Waals surface area contributed by atoms with Crippen molar-refractivity contribution in [2.24, 2.45) is 0 Å². The number of anilines is 1. The van der Waals surface area contributed by atoms with Crippen LogP contribution in [0.2, 0.25) is 15.1 Å². The van der Waals surface area contributed by atoms with Crippen molar-refractivity contribution >= 4 is 62.3 Å². The summed E-state index contributed by atoms with van der Waals surface area (Å²) in [5.74, 6) is -0.952. The van der Waals surface area contributed by atoms with Crippen molar-refractivity contribution < 1.29 is 18.0 Å². The van der Waals surface area contributed by atoms with Crippen LogP contribution in [0.25, 0.3) is 0 Å². The zero-order chi connectivity index (χ0) is 28.7. The van der Waals surface area contributed by atoms with E-state index in [1.807, 2.05) is 13.8 Å². The van der Waals surface area contributed by atoms with E-state index in [-0.39, 0.29) is 33.1 Å². The lowest BCUT2D eigenvalue weighted by atomic mass is 10.1. The maximum absolute atomic E-state index is 13.9. The van der Waals surface area contributed by atoms with Crippen LogP contribution in [0.5, 0.6) is 0 Å². The Balaban J connectivity index is 2.05. The Morgan fingerprint density at radius 2 is 1.56 bits per heavy atom. The van der Waals surface area contributed by atoms with Gasteiger partial charge < -0.3 is 10.2 Å². The molecule has 11 heteroatoms. The minimum Gasteiger partial charge on any atom is -0.354 e. The van der Waals surface area contributed by atoms with Gasteiger partial charge >= 0.3 is 0 Å². The molecule has 39 heavy (non-hydrogen) atoms. The summed E-state index contributed by atoms with van der Waals surface area (Å²) >= 11 is 18.6. The zero-order valence-electron chi connectivity index (χ0n) is 21.8. The van der Waals surface area contributed by atoms with Gasteiger partial charge in [0, 0.05) is 28.2 Å². The topological polar surface area (TPSA) is 86.8 Å². The number of amides is 2. The summed E-state index contributed by atoms with van der Waals surface area (Å²) in [4.78, 5) is 28.1. The molecule has 0 saturated heterocycles. The van der Waals surface area contributed by atoms with Crippen LogP contribution < -0.4 is 9.62 Å². The van der Waals surface area contributed by atoms with Crippen molar-refractivity contribution in [3.8, 4) is 0 Å². The second kappa shape index (κ2) is 13.5. The maximum Gasteiger partial charge on any atom is 0.264 e. The van der Waals surface area contributed by atoms with E-state index in [1.165, 1.54) is 35.2 Å². The van der Waals surface area contributed by atoms with Gasteiger partial charge in [-0.1, -0.05) is 71.6 Å². The van der Waals surface area contributed by atoms with Gasteiger partial charge in [0.15, 0.2) is 0 Å². The number of halogens is 3. The Kier molecular flexibility index (Phi) is 10.7. The summed E-state index contributed by atoms with van der Waals surface area (Å²) in [5.41, 5.74) is 1.68. The second-order valence-electron chi connectivity index (χ2n) is 9.07. The van der Waals surface area contributed by atoms with Crippen LogP contribution in [0.15, 0.2) is 71.6 Å². The molecule has 0 saturated carbocycles. The monoisotopic (exact) mass is 609 g/mol. The van der Waals surface area contributed by atoms with E-state index in [0.29, 0.717) is 17.1 Å². The van der Waals surface area contributed by atoms with Gasteiger partial charge in [0.1, 0.15) is 12.6 Å². The summed E-state index contributed by atoms with van der Waals surface area (Å²) in [6.07, 6.45) is 0.721. The number of sulfonamides is 1. The Bertz CT molecular complexity index is 1410. The first-order valence-electron chi connectivity index (χ1n) is 12.3. The van der Waals surface area contributed by atoms with Gasteiger partial charge in [-0.3, -0.25) is 13.9 Å². The standard InChI is InChI=1S/C28H30Cl3N3O4S/c1-4-12-32-28(36)20(3)33(17-21-6-5-7-22(29)13-21)27(35)18-34(25-15-23(30)14-24(31)16-25)39(37,38)26-10-8-19(2)9-11-26/h5-11,13-16,20H,4,12,17-18H2,1-3H3,(H,32,36). The molecule has 0 aliphatic rings. The first-order chi connectivity index (χ1) is 18.4. The number of aryl methyl sites for hydroxylation is 1. The van der Waals surface area contributed by atoms with Crippen molar-refractivity contribution in [3.05, 3.63) is 92.9 Å². The molecule has 0 aliphatic carbocycles. The average molecular weight is 611 g/mol. The molecule has 1 unspecified atom stereocenters. The van der Waals surface area contributed by atoms with Crippen molar-refractivity contribution in [1.82, 2.24) is 10.2 Å². The van der Waals surface area contributed by atoms with Crippen LogP contribution in [0.3, 0.4) is 0 Å². The van der Waals surface area contributed by atoms with Gasteiger partial charge in [-0.05, 0) is 68.3 Å². The number of nitrogens with one attached hydrogen (secondary N) is 1. The number of hydrogen-bond donors (Lipinski definition) is 1. The van der Waals surface area contributed by atoms with E-state index < -0.39 is 28.5 Å². The molecule has 0 fully saturated rings. The highest BCUT2D eigenvalue weighted by Gasteiger charge is 2.32. The third-order valence-corrected chi connectivity index (χ3v) is 8.44. The maximum atomic E-state index is 13.9. The Morgan fingerprint density at radius 1 is 0.923 bits per heavy atom. The molecule has 0 spiro atoms. The van der Waals surface area contributed by atoms with Crippen molar-refractivity contribution in [1.29, 1.82) is 0 Å². The summed E-state index contributed by atoms with van der Waals surface area (Å²) in [6.45, 7) is 5.24. The summed E-state index contributed by atoms with van der Waals surface area (Å²) in [7, 11) is -4.23. The third-order valence-electron chi connectivity index (χ3n) is 5.98. The second-order valence-corrected chi connectivity index (χ2v) is 12.2. The fourth-order valence-electron chi connectivity index (χ4n) is 3.86. The average Bonchev–Trinajstić information content (AvgIpc) is 2.88. The van der Waals surface area contributed by atoms with Crippen molar-refractivity contribution in [3.63, 3.8) is 0 Å². The fraction of sp³-hybridized carbons (Fsp3) is 0.286. The first kappa shape index (κ1) is 30.8. The molecular weight excluding hydrogens is 581 g/mol. The van der Waals surface area contributed by atoms with E-state index >= 15 is 0 Å². The predicted octanol–water partition coefficient (Wildman–Crippen LogP) is 6.09. The molecule has 7 nitrogen and oxygen atoms in total. The molecule has 1 N–H and O–H groups in total. The molecule has 0 aromatic heterocycles. The molecule has 208 valence electrons. The first-order valence-corrected chi connectivity index (χ1v) is 14.9. The lowest BCUT2D eigenvalue weighted by molar-refractivity contribution is -0.139. The van der Waals surface area contributed by atoms with Crippen LogP contribution in [0, 0.1) is 6.92 Å². The zero-order valence-corrected chi connectivity index (χ0v) is 24.9. The fourth-order valence-corrected chi connectivity index (χ4v) is 5.99. The molecule has 3 aromatic carbocycles. The molecule has 0 radical (unpaired) electrons. The number of carbonyl (C=O) groups is 2. The van der Waals surface area contributed by atoms with E-state index in [9.17, 15) is 18.0 Å². The van der Waals surface area contributed by atoms with Gasteiger partial charge in [-0.2, -0.15) is 0 Å². The SMILES string of the molecule is CCCNC(=O)C(C)N(Cc1cccc(Cl)c1)C(=O)CN(c1cc(Cl)cc(Cl)c1)S(=O)(=O)c1ccc(C)cc1. The quantitative estimate of drug-likeness (QED) is 0.285. The smallest absolute Gasteiger partial charge is 0.264 e. The van der Waals surface area contributed by atoms with Gasteiger partial charge in [-0.25, -0.2) is 8.42 Å². The third kappa shape index (κ3) is 8.11. The molecule has 0 heterocycles. The minimum atomic E-state index is -4.23. The van der Waals surface area contributed by atoms with E-state index in [0.717, 1.165) is 16.3 Å². The Morgan fingerprint density at radius 3 is 2.15 bits per heavy atom. The minimum absolute atomic E-state index is 0.00729. The van der Waals surface area contributed by atoms with Crippen LogP contribution in [0.1, 0.15) is 31.4 Å². The van der Waals surface area contributed by atoms with E-state index in [2.05, 4.69) is 5.32 Å². The van der Waals surface area contributed by atoms with Crippen LogP contribution in [-0.4, -0.2) is 44.3 Å². The summed E-state index contributed by atoms with van der Waals surface area (Å²) in [5, 5.41) is 3.68. The number of rotatable bonds is 11. The van der Waals surface area contributed by atoms with E-state index in [1.54, 1.807) is 43.3 Å². The van der Waals surface area contributed by atoms with Gasteiger partial charge in [0.2, 0.25) is 11.8 Å². The van der Waals surface area contributed by atoms with Crippen molar-refractivity contribution in [2.45, 2.75) is 44.7 Å². The van der Waals surface area contributed by atoms with Crippen LogP contribution in [0.4, 0.5) is 5.69 Å². The highest BCUT2D eigenvalue weighted by atomic mass is 35.5. The summed E-state index contributed by atoms with van der Waals surface area (Å²) < 4.78 is 28.6. The van der Waals surface area contributed by atoms with Gasteiger partial charge in [0.05, 0.1) is 10.6 Å². The highest BCUT2D eigenvalue weighted by Crippen LogP contribution is 2.30. The number of benzene rings is 3.